The number of benzene rings is 2. The molecule has 1 saturated heterocycles. The van der Waals surface area contributed by atoms with E-state index in [0.717, 1.165) is 25.2 Å². The highest BCUT2D eigenvalue weighted by atomic mass is 35.5. The van der Waals surface area contributed by atoms with Crippen molar-refractivity contribution in [3.63, 3.8) is 0 Å². The van der Waals surface area contributed by atoms with Gasteiger partial charge in [-0.05, 0) is 29.2 Å². The molecule has 24 heavy (non-hydrogen) atoms. The molecule has 2 aliphatic heterocycles. The number of carbonyl (C=O) groups excluding carboxylic acids is 1. The second-order valence-corrected chi connectivity index (χ2v) is 7.42. The van der Waals surface area contributed by atoms with Crippen LogP contribution in [-0.4, -0.2) is 30.4 Å². The van der Waals surface area contributed by atoms with E-state index in [1.165, 1.54) is 5.56 Å². The maximum Gasteiger partial charge on any atom is 0.251 e. The van der Waals surface area contributed by atoms with E-state index < -0.39 is 0 Å². The zero-order valence-electron chi connectivity index (χ0n) is 13.1. The number of rotatable bonds is 2. The van der Waals surface area contributed by atoms with Gasteiger partial charge >= 0.3 is 0 Å². The van der Waals surface area contributed by atoms with Crippen LogP contribution in [0.5, 0.6) is 0 Å². The van der Waals surface area contributed by atoms with Crippen LogP contribution in [0.1, 0.15) is 27.4 Å². The molecule has 2 aliphatic rings. The molecule has 0 aromatic heterocycles. The van der Waals surface area contributed by atoms with Crippen molar-refractivity contribution in [3.8, 4) is 0 Å². The molecule has 124 valence electrons. The van der Waals surface area contributed by atoms with Crippen molar-refractivity contribution in [2.45, 2.75) is 12.5 Å². The summed E-state index contributed by atoms with van der Waals surface area (Å²) in [7, 11) is 0. The van der Waals surface area contributed by atoms with Gasteiger partial charge in [-0.1, -0.05) is 53.5 Å². The lowest BCUT2D eigenvalue weighted by atomic mass is 9.87. The number of likely N-dealkylation sites (tertiary alicyclic amines) is 1. The Morgan fingerprint density at radius 1 is 1.08 bits per heavy atom. The average molecular weight is 361 g/mol. The van der Waals surface area contributed by atoms with Crippen molar-refractivity contribution in [1.29, 1.82) is 0 Å². The summed E-state index contributed by atoms with van der Waals surface area (Å²) in [6, 6.07) is 14.1. The first kappa shape index (κ1) is 15.9. The summed E-state index contributed by atoms with van der Waals surface area (Å²) in [6.07, 6.45) is 0. The fourth-order valence-electron chi connectivity index (χ4n) is 3.88. The van der Waals surface area contributed by atoms with Gasteiger partial charge in [-0.3, -0.25) is 9.69 Å². The summed E-state index contributed by atoms with van der Waals surface area (Å²) in [6.45, 7) is 3.52. The van der Waals surface area contributed by atoms with Crippen molar-refractivity contribution in [2.24, 2.45) is 5.92 Å². The summed E-state index contributed by atoms with van der Waals surface area (Å²) < 4.78 is 0. The minimum absolute atomic E-state index is 0.0485. The van der Waals surface area contributed by atoms with Gasteiger partial charge in [0.2, 0.25) is 0 Å². The first-order chi connectivity index (χ1) is 11.6. The Morgan fingerprint density at radius 2 is 1.83 bits per heavy atom. The van der Waals surface area contributed by atoms with Crippen LogP contribution in [0.25, 0.3) is 0 Å². The molecular formula is C19H18Cl2N2O. The third-order valence-corrected chi connectivity index (χ3v) is 5.75. The minimum atomic E-state index is -0.0485. The fourth-order valence-corrected chi connectivity index (χ4v) is 4.21. The van der Waals surface area contributed by atoms with E-state index in [0.29, 0.717) is 34.0 Å². The van der Waals surface area contributed by atoms with Gasteiger partial charge in [0, 0.05) is 37.7 Å². The van der Waals surface area contributed by atoms with Crippen LogP contribution >= 0.6 is 23.2 Å². The van der Waals surface area contributed by atoms with Crippen molar-refractivity contribution < 1.29 is 4.79 Å². The topological polar surface area (TPSA) is 32.3 Å². The van der Waals surface area contributed by atoms with E-state index in [-0.39, 0.29) is 5.91 Å². The number of fused-ring (bicyclic) bond motifs is 3. The summed E-state index contributed by atoms with van der Waals surface area (Å²) in [4.78, 5) is 14.8. The van der Waals surface area contributed by atoms with E-state index in [9.17, 15) is 4.79 Å². The molecule has 0 bridgehead atoms. The summed E-state index contributed by atoms with van der Waals surface area (Å²) in [5.74, 6) is 0.654. The maximum atomic E-state index is 12.3. The highest BCUT2D eigenvalue weighted by molar-refractivity contribution is 6.42. The highest BCUT2D eigenvalue weighted by Crippen LogP contribution is 2.39. The largest absolute Gasteiger partial charge is 0.352 e. The van der Waals surface area contributed by atoms with Gasteiger partial charge in [-0.15, -0.1) is 0 Å². The number of amides is 1. The molecule has 4 rings (SSSR count). The highest BCUT2D eigenvalue weighted by Gasteiger charge is 2.38. The monoisotopic (exact) mass is 360 g/mol. The molecule has 1 amide bonds. The van der Waals surface area contributed by atoms with Gasteiger partial charge in [0.25, 0.3) is 5.91 Å². The smallest absolute Gasteiger partial charge is 0.251 e. The molecule has 0 radical (unpaired) electrons. The third kappa shape index (κ3) is 2.92. The predicted molar refractivity (Wildman–Crippen MR) is 96.7 cm³/mol. The van der Waals surface area contributed by atoms with Crippen LogP contribution in [0.2, 0.25) is 10.0 Å². The lowest BCUT2D eigenvalue weighted by molar-refractivity contribution is 0.0951. The number of hydrogen-bond donors (Lipinski definition) is 1. The fraction of sp³-hybridized carbons (Fsp3) is 0.316. The molecule has 0 unspecified atom stereocenters. The second kappa shape index (κ2) is 6.40. The van der Waals surface area contributed by atoms with Crippen molar-refractivity contribution in [2.75, 3.05) is 19.6 Å². The molecule has 5 heteroatoms. The van der Waals surface area contributed by atoms with Crippen molar-refractivity contribution >= 4 is 29.1 Å². The van der Waals surface area contributed by atoms with E-state index in [1.54, 1.807) is 6.07 Å². The van der Waals surface area contributed by atoms with Gasteiger partial charge in [0.1, 0.15) is 0 Å². The molecule has 0 spiro atoms. The first-order valence-corrected chi connectivity index (χ1v) is 8.91. The first-order valence-electron chi connectivity index (χ1n) is 8.15. The van der Waals surface area contributed by atoms with E-state index in [1.807, 2.05) is 12.1 Å². The quantitative estimate of drug-likeness (QED) is 0.879. The van der Waals surface area contributed by atoms with Gasteiger partial charge < -0.3 is 5.32 Å². The molecule has 2 heterocycles. The number of carbonyl (C=O) groups is 1. The van der Waals surface area contributed by atoms with Crippen LogP contribution in [-0.2, 0) is 6.54 Å². The Kier molecular flexibility index (Phi) is 4.25. The number of halogens is 2. The SMILES string of the molecule is O=C1NC[C@H]2CN(Cc3ccccc3)C[C@@H]2c2cc(Cl)c(Cl)cc21. The Labute approximate surface area is 151 Å². The van der Waals surface area contributed by atoms with Crippen LogP contribution < -0.4 is 5.32 Å². The molecule has 0 aliphatic carbocycles. The van der Waals surface area contributed by atoms with E-state index >= 15 is 0 Å². The van der Waals surface area contributed by atoms with Crippen LogP contribution in [0.3, 0.4) is 0 Å². The van der Waals surface area contributed by atoms with Gasteiger partial charge in [0.15, 0.2) is 0 Å². The number of nitrogens with zero attached hydrogens (tertiary/aromatic N) is 1. The normalized spacial score (nSPS) is 23.3. The Balaban J connectivity index is 1.63. The summed E-state index contributed by atoms with van der Waals surface area (Å²) in [5, 5.41) is 3.99. The second-order valence-electron chi connectivity index (χ2n) is 6.61. The Morgan fingerprint density at radius 3 is 2.62 bits per heavy atom. The molecule has 2 atom stereocenters. The predicted octanol–water partition coefficient (Wildman–Crippen LogP) is 3.95. The van der Waals surface area contributed by atoms with Crippen LogP contribution in [0, 0.1) is 5.92 Å². The van der Waals surface area contributed by atoms with E-state index in [4.69, 9.17) is 23.2 Å². The number of hydrogen-bond acceptors (Lipinski definition) is 2. The zero-order chi connectivity index (χ0) is 16.7. The van der Waals surface area contributed by atoms with Crippen LogP contribution in [0.15, 0.2) is 42.5 Å². The van der Waals surface area contributed by atoms with Gasteiger partial charge in [-0.2, -0.15) is 0 Å². The summed E-state index contributed by atoms with van der Waals surface area (Å²) >= 11 is 12.3. The minimum Gasteiger partial charge on any atom is -0.352 e. The van der Waals surface area contributed by atoms with Gasteiger partial charge in [0.05, 0.1) is 10.0 Å². The van der Waals surface area contributed by atoms with Crippen molar-refractivity contribution in [3.05, 3.63) is 69.2 Å². The zero-order valence-corrected chi connectivity index (χ0v) is 14.6. The lowest BCUT2D eigenvalue weighted by Gasteiger charge is -2.18. The number of nitrogens with one attached hydrogen (secondary N) is 1. The molecule has 3 nitrogen and oxygen atoms in total. The van der Waals surface area contributed by atoms with Crippen LogP contribution in [0.4, 0.5) is 0 Å². The summed E-state index contributed by atoms with van der Waals surface area (Å²) in [5.41, 5.74) is 3.01. The van der Waals surface area contributed by atoms with E-state index in [2.05, 4.69) is 34.5 Å². The average Bonchev–Trinajstić information content (AvgIpc) is 2.93. The molecule has 1 fully saturated rings. The Bertz CT molecular complexity index is 778. The molecule has 2 aromatic carbocycles. The lowest BCUT2D eigenvalue weighted by Crippen LogP contribution is -2.29. The third-order valence-electron chi connectivity index (χ3n) is 5.03. The van der Waals surface area contributed by atoms with Crippen molar-refractivity contribution in [1.82, 2.24) is 10.2 Å². The Hall–Kier alpha value is -1.55. The van der Waals surface area contributed by atoms with Gasteiger partial charge in [-0.25, -0.2) is 0 Å². The molecular weight excluding hydrogens is 343 g/mol. The molecule has 2 aromatic rings. The standard InChI is InChI=1S/C19H18Cl2N2O/c20-17-6-14-15(7-18(17)21)19(24)22-8-13-10-23(11-16(13)14)9-12-4-2-1-3-5-12/h1-7,13,16H,8-11H2,(H,22,24)/t13-,16-/m0/s1. The maximum absolute atomic E-state index is 12.3. The molecule has 0 saturated carbocycles. The molecule has 1 N–H and O–H groups in total.